The van der Waals surface area contributed by atoms with Crippen LogP contribution in [-0.4, -0.2) is 36.9 Å². The second-order valence-electron chi connectivity index (χ2n) is 4.55. The van der Waals surface area contributed by atoms with Crippen LogP contribution in [0.3, 0.4) is 0 Å². The molecule has 0 saturated carbocycles. The number of hydrogen-bond donors (Lipinski definition) is 2. The van der Waals surface area contributed by atoms with Gasteiger partial charge in [0.05, 0.1) is 6.61 Å². The molecule has 106 valence electrons. The van der Waals surface area contributed by atoms with E-state index in [0.717, 1.165) is 0 Å². The summed E-state index contributed by atoms with van der Waals surface area (Å²) in [5.41, 5.74) is 0.0546. The third kappa shape index (κ3) is 3.99. The lowest BCUT2D eigenvalue weighted by Crippen LogP contribution is -2.45. The molecule has 1 atom stereocenters. The fourth-order valence-corrected chi connectivity index (χ4v) is 1.87. The normalized spacial score (nSPS) is 14.0. The molecule has 0 spiro atoms. The van der Waals surface area contributed by atoms with Gasteiger partial charge in [-0.2, -0.15) is 0 Å². The Morgan fingerprint density at radius 1 is 1.58 bits per heavy atom. The van der Waals surface area contributed by atoms with Crippen LogP contribution in [0.5, 0.6) is 0 Å². The predicted octanol–water partition coefficient (Wildman–Crippen LogP) is 2.02. The second-order valence-corrected chi connectivity index (χ2v) is 5.41. The largest absolute Gasteiger partial charge is 0.393 e. The fraction of sp³-hybridized carbons (Fsp3) is 0.462. The van der Waals surface area contributed by atoms with E-state index in [0.29, 0.717) is 10.0 Å². The molecule has 0 bridgehead atoms. The minimum absolute atomic E-state index is 0.131. The third-order valence-electron chi connectivity index (χ3n) is 3.00. The number of nitrogens with one attached hydrogen (secondary N) is 1. The summed E-state index contributed by atoms with van der Waals surface area (Å²) in [5, 5.41) is 11.8. The number of rotatable bonds is 5. The van der Waals surface area contributed by atoms with E-state index in [9.17, 15) is 9.18 Å². The molecule has 0 heterocycles. The molecule has 0 aliphatic heterocycles. The second kappa shape index (κ2) is 6.45. The Kier molecular flexibility index (Phi) is 5.46. The number of carbonyl (C=O) groups excluding carboxylic acids is 1. The van der Waals surface area contributed by atoms with Gasteiger partial charge >= 0.3 is 0 Å². The van der Waals surface area contributed by atoms with Crippen LogP contribution < -0.4 is 5.32 Å². The molecule has 2 N–H and O–H groups in total. The molecule has 0 aromatic heterocycles. The van der Waals surface area contributed by atoms with Gasteiger partial charge in [0.15, 0.2) is 0 Å². The van der Waals surface area contributed by atoms with E-state index >= 15 is 0 Å². The minimum Gasteiger partial charge on any atom is -0.393 e. The van der Waals surface area contributed by atoms with E-state index in [4.69, 9.17) is 9.84 Å². The first-order valence-corrected chi connectivity index (χ1v) is 6.52. The summed E-state index contributed by atoms with van der Waals surface area (Å²) in [5.74, 6) is -0.895. The van der Waals surface area contributed by atoms with Gasteiger partial charge in [0.1, 0.15) is 11.4 Å². The van der Waals surface area contributed by atoms with Gasteiger partial charge in [-0.1, -0.05) is 15.9 Å². The van der Waals surface area contributed by atoms with Gasteiger partial charge < -0.3 is 15.2 Å². The molecule has 19 heavy (non-hydrogen) atoms. The fourth-order valence-electron chi connectivity index (χ4n) is 1.44. The highest BCUT2D eigenvalue weighted by atomic mass is 79.9. The maximum atomic E-state index is 13.3. The number of halogens is 2. The minimum atomic E-state index is -0.853. The molecule has 0 radical (unpaired) electrons. The van der Waals surface area contributed by atoms with Gasteiger partial charge in [0, 0.05) is 23.7 Å². The van der Waals surface area contributed by atoms with E-state index in [-0.39, 0.29) is 18.7 Å². The van der Waals surface area contributed by atoms with Crippen molar-refractivity contribution in [3.05, 3.63) is 33.5 Å². The molecule has 1 unspecified atom stereocenters. The van der Waals surface area contributed by atoms with Gasteiger partial charge in [-0.05, 0) is 31.5 Å². The molecule has 0 aliphatic rings. The van der Waals surface area contributed by atoms with Crippen LogP contribution in [0.15, 0.2) is 16.6 Å². The zero-order chi connectivity index (χ0) is 14.6. The zero-order valence-electron chi connectivity index (χ0n) is 11.1. The number of aliphatic hydroxyl groups is 1. The lowest BCUT2D eigenvalue weighted by Gasteiger charge is -2.26. The van der Waals surface area contributed by atoms with Crippen molar-refractivity contribution in [3.63, 3.8) is 0 Å². The molecule has 1 aromatic carbocycles. The number of aliphatic hydroxyl groups excluding tert-OH is 1. The van der Waals surface area contributed by atoms with Crippen molar-refractivity contribution in [1.29, 1.82) is 0 Å². The van der Waals surface area contributed by atoms with Crippen molar-refractivity contribution in [1.82, 2.24) is 5.32 Å². The number of ether oxygens (including phenoxy) is 1. The van der Waals surface area contributed by atoms with Gasteiger partial charge in [-0.3, -0.25) is 4.79 Å². The summed E-state index contributed by atoms with van der Waals surface area (Å²) in [7, 11) is 1.45. The highest BCUT2D eigenvalue weighted by Gasteiger charge is 2.24. The molecule has 1 aromatic rings. The van der Waals surface area contributed by atoms with Crippen LogP contribution in [0.4, 0.5) is 4.39 Å². The van der Waals surface area contributed by atoms with Crippen molar-refractivity contribution in [2.45, 2.75) is 19.4 Å². The maximum absolute atomic E-state index is 13.3. The highest BCUT2D eigenvalue weighted by molar-refractivity contribution is 9.10. The van der Waals surface area contributed by atoms with E-state index in [1.165, 1.54) is 19.2 Å². The van der Waals surface area contributed by atoms with Crippen molar-refractivity contribution in [3.8, 4) is 0 Å². The molecule has 1 rings (SSSR count). The van der Waals surface area contributed by atoms with Gasteiger partial charge in [0.2, 0.25) is 0 Å². The van der Waals surface area contributed by atoms with Crippen LogP contribution in [0, 0.1) is 12.7 Å². The van der Waals surface area contributed by atoms with Gasteiger partial charge in [-0.25, -0.2) is 4.39 Å². The van der Waals surface area contributed by atoms with Crippen LogP contribution in [-0.2, 0) is 4.74 Å². The average molecular weight is 334 g/mol. The number of benzene rings is 1. The van der Waals surface area contributed by atoms with Crippen LogP contribution in [0.25, 0.3) is 0 Å². The maximum Gasteiger partial charge on any atom is 0.251 e. The Hall–Kier alpha value is -0.980. The summed E-state index contributed by atoms with van der Waals surface area (Å²) in [4.78, 5) is 12.0. The first kappa shape index (κ1) is 16.1. The quantitative estimate of drug-likeness (QED) is 0.866. The summed E-state index contributed by atoms with van der Waals surface area (Å²) in [6.45, 7) is 3.30. The number of amides is 1. The molecule has 4 nitrogen and oxygen atoms in total. The third-order valence-corrected chi connectivity index (χ3v) is 3.83. The Balaban J connectivity index is 2.85. The Morgan fingerprint density at radius 2 is 2.21 bits per heavy atom. The van der Waals surface area contributed by atoms with Crippen LogP contribution in [0.2, 0.25) is 0 Å². The molecular weight excluding hydrogens is 317 g/mol. The van der Waals surface area contributed by atoms with Crippen molar-refractivity contribution < 1.29 is 19.0 Å². The van der Waals surface area contributed by atoms with E-state index in [1.54, 1.807) is 13.8 Å². The van der Waals surface area contributed by atoms with E-state index < -0.39 is 17.3 Å². The average Bonchev–Trinajstić information content (AvgIpc) is 2.39. The first-order chi connectivity index (χ1) is 8.83. The molecule has 0 aliphatic carbocycles. The summed E-state index contributed by atoms with van der Waals surface area (Å²) >= 11 is 3.20. The van der Waals surface area contributed by atoms with Crippen molar-refractivity contribution >= 4 is 21.8 Å². The molecule has 0 fully saturated rings. The SMILES string of the molecule is COC(C)(CO)CNC(=O)c1cc(F)cc(Br)c1C. The standard InChI is InChI=1S/C13H17BrFNO3/c1-8-10(4-9(15)5-11(8)14)12(18)16-6-13(2,7-17)19-3/h4-5,17H,6-7H2,1-3H3,(H,16,18). The molecule has 0 saturated heterocycles. The first-order valence-electron chi connectivity index (χ1n) is 5.73. The smallest absolute Gasteiger partial charge is 0.251 e. The van der Waals surface area contributed by atoms with Crippen LogP contribution >= 0.6 is 15.9 Å². The lowest BCUT2D eigenvalue weighted by atomic mass is 10.1. The lowest BCUT2D eigenvalue weighted by molar-refractivity contribution is -0.0347. The molecule has 1 amide bonds. The number of carbonyl (C=O) groups is 1. The Bertz CT molecular complexity index is 475. The molecule has 6 heteroatoms. The Labute approximate surface area is 120 Å². The number of hydrogen-bond acceptors (Lipinski definition) is 3. The monoisotopic (exact) mass is 333 g/mol. The predicted molar refractivity (Wildman–Crippen MR) is 73.7 cm³/mol. The highest BCUT2D eigenvalue weighted by Crippen LogP contribution is 2.21. The zero-order valence-corrected chi connectivity index (χ0v) is 12.7. The van der Waals surface area contributed by atoms with E-state index in [2.05, 4.69) is 21.2 Å². The van der Waals surface area contributed by atoms with Gasteiger partial charge in [0.25, 0.3) is 5.91 Å². The summed E-state index contributed by atoms with van der Waals surface area (Å²) < 4.78 is 18.9. The van der Waals surface area contributed by atoms with Crippen LogP contribution in [0.1, 0.15) is 22.8 Å². The van der Waals surface area contributed by atoms with Gasteiger partial charge in [-0.15, -0.1) is 0 Å². The number of methoxy groups -OCH3 is 1. The molecular formula is C13H17BrFNO3. The van der Waals surface area contributed by atoms with Crippen molar-refractivity contribution in [2.75, 3.05) is 20.3 Å². The summed E-state index contributed by atoms with van der Waals surface area (Å²) in [6, 6.07) is 2.48. The Morgan fingerprint density at radius 3 is 2.74 bits per heavy atom. The topological polar surface area (TPSA) is 58.6 Å². The van der Waals surface area contributed by atoms with Crippen molar-refractivity contribution in [2.24, 2.45) is 0 Å². The summed E-state index contributed by atoms with van der Waals surface area (Å²) in [6.07, 6.45) is 0. The van der Waals surface area contributed by atoms with E-state index in [1.807, 2.05) is 0 Å².